The summed E-state index contributed by atoms with van der Waals surface area (Å²) in [6.07, 6.45) is 6.43. The first-order valence-corrected chi connectivity index (χ1v) is 7.01. The molecule has 0 aliphatic carbocycles. The van der Waals surface area contributed by atoms with Gasteiger partial charge in [0.2, 0.25) is 0 Å². The minimum atomic E-state index is 0.244. The first kappa shape index (κ1) is 13.3. The molecular weight excluding hydrogens is 222 g/mol. The van der Waals surface area contributed by atoms with Crippen molar-refractivity contribution in [2.75, 3.05) is 11.4 Å². The highest BCUT2D eigenvalue weighted by atomic mass is 15.3. The molecular formula is C15H25N3. The maximum atomic E-state index is 5.97. The molecule has 1 saturated heterocycles. The number of nitrogens with two attached hydrogens (primary N) is 1. The molecule has 3 heteroatoms. The highest BCUT2D eigenvalue weighted by Crippen LogP contribution is 2.32. The molecule has 1 fully saturated rings. The maximum Gasteiger partial charge on any atom is 0.128 e. The van der Waals surface area contributed by atoms with Crippen LogP contribution in [0.4, 0.5) is 5.82 Å². The lowest BCUT2D eigenvalue weighted by atomic mass is 10.0. The zero-order valence-corrected chi connectivity index (χ0v) is 11.8. The minimum Gasteiger partial charge on any atom is -0.352 e. The van der Waals surface area contributed by atoms with Gasteiger partial charge in [-0.3, -0.25) is 0 Å². The summed E-state index contributed by atoms with van der Waals surface area (Å²) in [6.45, 7) is 7.83. The molecule has 1 aromatic heterocycles. The van der Waals surface area contributed by atoms with Crippen LogP contribution in [0.25, 0.3) is 0 Å². The molecule has 0 radical (unpaired) electrons. The Morgan fingerprint density at radius 1 is 1.44 bits per heavy atom. The van der Waals surface area contributed by atoms with Gasteiger partial charge in [-0.1, -0.05) is 13.0 Å². The third-order valence-corrected chi connectivity index (χ3v) is 4.01. The van der Waals surface area contributed by atoms with Crippen LogP contribution in [0.15, 0.2) is 18.3 Å². The molecule has 0 saturated carbocycles. The van der Waals surface area contributed by atoms with Crippen molar-refractivity contribution < 1.29 is 0 Å². The van der Waals surface area contributed by atoms with Crippen LogP contribution in [0, 0.1) is 0 Å². The number of hydrogen-bond acceptors (Lipinski definition) is 3. The summed E-state index contributed by atoms with van der Waals surface area (Å²) in [5, 5.41) is 0. The van der Waals surface area contributed by atoms with E-state index in [4.69, 9.17) is 5.73 Å². The topological polar surface area (TPSA) is 42.1 Å². The maximum absolute atomic E-state index is 5.97. The lowest BCUT2D eigenvalue weighted by Crippen LogP contribution is -2.38. The van der Waals surface area contributed by atoms with Crippen LogP contribution in [0.5, 0.6) is 0 Å². The lowest BCUT2D eigenvalue weighted by Gasteiger charge is -2.32. The Morgan fingerprint density at radius 2 is 2.22 bits per heavy atom. The fourth-order valence-corrected chi connectivity index (χ4v) is 2.68. The van der Waals surface area contributed by atoms with Gasteiger partial charge in [0.1, 0.15) is 5.82 Å². The Labute approximate surface area is 110 Å². The fourth-order valence-electron chi connectivity index (χ4n) is 2.68. The van der Waals surface area contributed by atoms with Crippen LogP contribution in [-0.4, -0.2) is 23.1 Å². The van der Waals surface area contributed by atoms with Crippen molar-refractivity contribution in [2.24, 2.45) is 5.73 Å². The molecule has 0 aromatic carbocycles. The summed E-state index contributed by atoms with van der Waals surface area (Å²) >= 11 is 0. The molecule has 2 N–H and O–H groups in total. The van der Waals surface area contributed by atoms with Crippen LogP contribution in [0.1, 0.15) is 45.6 Å². The van der Waals surface area contributed by atoms with E-state index in [1.807, 2.05) is 6.20 Å². The van der Waals surface area contributed by atoms with E-state index in [9.17, 15) is 0 Å². The van der Waals surface area contributed by atoms with Crippen LogP contribution < -0.4 is 10.6 Å². The largest absolute Gasteiger partial charge is 0.352 e. The van der Waals surface area contributed by atoms with Gasteiger partial charge in [-0.2, -0.15) is 0 Å². The Balaban J connectivity index is 2.08. The molecule has 0 amide bonds. The molecule has 1 unspecified atom stereocenters. The number of nitrogens with zero attached hydrogens (tertiary/aromatic N) is 2. The van der Waals surface area contributed by atoms with Gasteiger partial charge in [-0.05, 0) is 51.2 Å². The number of rotatable bonds is 4. The Morgan fingerprint density at radius 3 is 2.72 bits per heavy atom. The summed E-state index contributed by atoms with van der Waals surface area (Å²) in [5.74, 6) is 1.10. The van der Waals surface area contributed by atoms with Crippen molar-refractivity contribution in [1.82, 2.24) is 4.98 Å². The van der Waals surface area contributed by atoms with Gasteiger partial charge >= 0.3 is 0 Å². The van der Waals surface area contributed by atoms with Crippen molar-refractivity contribution in [3.05, 3.63) is 23.9 Å². The average Bonchev–Trinajstić information content (AvgIpc) is 2.70. The van der Waals surface area contributed by atoms with Crippen molar-refractivity contribution in [3.63, 3.8) is 0 Å². The third-order valence-electron chi connectivity index (χ3n) is 4.01. The average molecular weight is 247 g/mol. The van der Waals surface area contributed by atoms with E-state index in [0.29, 0.717) is 0 Å². The molecule has 18 heavy (non-hydrogen) atoms. The van der Waals surface area contributed by atoms with Gasteiger partial charge in [0.05, 0.1) is 0 Å². The number of hydrogen-bond donors (Lipinski definition) is 1. The molecule has 1 atom stereocenters. The number of anilines is 1. The second-order valence-corrected chi connectivity index (χ2v) is 5.96. The van der Waals surface area contributed by atoms with Crippen molar-refractivity contribution in [1.29, 1.82) is 0 Å². The highest BCUT2D eigenvalue weighted by molar-refractivity contribution is 5.43. The normalized spacial score (nSPS) is 20.1. The fraction of sp³-hybridized carbons (Fsp3) is 0.667. The van der Waals surface area contributed by atoms with E-state index >= 15 is 0 Å². The van der Waals surface area contributed by atoms with E-state index < -0.39 is 0 Å². The first-order valence-electron chi connectivity index (χ1n) is 7.01. The molecule has 3 nitrogen and oxygen atoms in total. The Kier molecular flexibility index (Phi) is 3.91. The molecule has 2 rings (SSSR count). The van der Waals surface area contributed by atoms with Gasteiger partial charge in [-0.15, -0.1) is 0 Å². The van der Waals surface area contributed by atoms with E-state index in [1.165, 1.54) is 18.4 Å². The van der Waals surface area contributed by atoms with E-state index in [1.54, 1.807) is 0 Å². The molecule has 2 heterocycles. The Bertz CT molecular complexity index is 383. The summed E-state index contributed by atoms with van der Waals surface area (Å²) in [5.41, 5.74) is 7.46. The smallest absolute Gasteiger partial charge is 0.128 e. The predicted molar refractivity (Wildman–Crippen MR) is 76.9 cm³/mol. The van der Waals surface area contributed by atoms with Crippen LogP contribution >= 0.6 is 0 Å². The van der Waals surface area contributed by atoms with Gasteiger partial charge in [0.15, 0.2) is 0 Å². The SMILES string of the molecule is CCC(N)Cc1ccc(N2CCCC2(C)C)nc1. The van der Waals surface area contributed by atoms with Crippen LogP contribution in [0.3, 0.4) is 0 Å². The quantitative estimate of drug-likeness (QED) is 0.889. The van der Waals surface area contributed by atoms with Gasteiger partial charge in [0, 0.05) is 24.3 Å². The van der Waals surface area contributed by atoms with Gasteiger partial charge < -0.3 is 10.6 Å². The zero-order valence-electron chi connectivity index (χ0n) is 11.8. The molecule has 0 spiro atoms. The first-order chi connectivity index (χ1) is 8.53. The molecule has 100 valence electrons. The molecule has 1 aliphatic heterocycles. The van der Waals surface area contributed by atoms with Crippen molar-refractivity contribution in [3.8, 4) is 0 Å². The van der Waals surface area contributed by atoms with Gasteiger partial charge in [0.25, 0.3) is 0 Å². The lowest BCUT2D eigenvalue weighted by molar-refractivity contribution is 0.514. The van der Waals surface area contributed by atoms with E-state index in [0.717, 1.165) is 25.2 Å². The predicted octanol–water partition coefficient (Wildman–Crippen LogP) is 2.74. The standard InChI is InChI=1S/C15H25N3/c1-4-13(16)10-12-6-7-14(17-11-12)18-9-5-8-15(18,2)3/h6-7,11,13H,4-5,8-10,16H2,1-3H3. The van der Waals surface area contributed by atoms with Crippen LogP contribution in [0.2, 0.25) is 0 Å². The second kappa shape index (κ2) is 5.27. The van der Waals surface area contributed by atoms with Crippen LogP contribution in [-0.2, 0) is 6.42 Å². The van der Waals surface area contributed by atoms with Crippen molar-refractivity contribution >= 4 is 5.82 Å². The summed E-state index contributed by atoms with van der Waals surface area (Å²) < 4.78 is 0. The molecule has 0 bridgehead atoms. The number of pyridine rings is 1. The minimum absolute atomic E-state index is 0.244. The third kappa shape index (κ3) is 2.83. The van der Waals surface area contributed by atoms with Crippen molar-refractivity contribution in [2.45, 2.75) is 58.0 Å². The van der Waals surface area contributed by atoms with E-state index in [-0.39, 0.29) is 11.6 Å². The summed E-state index contributed by atoms with van der Waals surface area (Å²) in [4.78, 5) is 7.03. The van der Waals surface area contributed by atoms with E-state index in [2.05, 4.69) is 42.8 Å². The Hall–Kier alpha value is -1.09. The number of aromatic nitrogens is 1. The van der Waals surface area contributed by atoms with Gasteiger partial charge in [-0.25, -0.2) is 4.98 Å². The molecule has 1 aliphatic rings. The second-order valence-electron chi connectivity index (χ2n) is 5.96. The molecule has 1 aromatic rings. The monoisotopic (exact) mass is 247 g/mol. The summed E-state index contributed by atoms with van der Waals surface area (Å²) in [6, 6.07) is 4.57. The highest BCUT2D eigenvalue weighted by Gasteiger charge is 2.32. The summed E-state index contributed by atoms with van der Waals surface area (Å²) in [7, 11) is 0. The zero-order chi connectivity index (χ0) is 13.2.